The molecule has 112 valence electrons. The summed E-state index contributed by atoms with van der Waals surface area (Å²) in [6, 6.07) is 7.79. The van der Waals surface area contributed by atoms with Crippen LogP contribution in [0.15, 0.2) is 30.5 Å². The van der Waals surface area contributed by atoms with E-state index in [1.807, 2.05) is 36.1 Å². The molecule has 5 nitrogen and oxygen atoms in total. The van der Waals surface area contributed by atoms with Crippen molar-refractivity contribution in [3.63, 3.8) is 0 Å². The van der Waals surface area contributed by atoms with E-state index in [0.29, 0.717) is 18.2 Å². The number of rotatable bonds is 3. The second-order valence-corrected chi connectivity index (χ2v) is 5.73. The fourth-order valence-electron chi connectivity index (χ4n) is 2.90. The lowest BCUT2D eigenvalue weighted by atomic mass is 10.0. The van der Waals surface area contributed by atoms with Crippen LogP contribution in [0.5, 0.6) is 5.75 Å². The number of phenols is 1. The highest BCUT2D eigenvalue weighted by Crippen LogP contribution is 2.28. The number of piperidine rings is 1. The first-order valence-corrected chi connectivity index (χ1v) is 7.43. The number of aromatic hydroxyl groups is 1. The molecule has 0 radical (unpaired) electrons. The molecule has 0 bridgehead atoms. The minimum absolute atomic E-state index is 0.319. The van der Waals surface area contributed by atoms with Gasteiger partial charge < -0.3 is 15.7 Å². The zero-order valence-electron chi connectivity index (χ0n) is 12.4. The number of phenolic OH excluding ortho intramolecular Hbond substituents is 1. The summed E-state index contributed by atoms with van der Waals surface area (Å²) in [7, 11) is 1.95. The Morgan fingerprint density at radius 3 is 2.71 bits per heavy atom. The molecular formula is C16H22N4O. The molecule has 0 atom stereocenters. The molecule has 0 amide bonds. The molecule has 1 fully saturated rings. The van der Waals surface area contributed by atoms with Crippen LogP contribution in [0.3, 0.4) is 0 Å². The summed E-state index contributed by atoms with van der Waals surface area (Å²) in [4.78, 5) is 2.35. The lowest BCUT2D eigenvalue weighted by molar-refractivity contribution is 0.468. The fraction of sp³-hybridized carbons (Fsp3) is 0.438. The van der Waals surface area contributed by atoms with Gasteiger partial charge in [0.05, 0.1) is 17.6 Å². The topological polar surface area (TPSA) is 67.3 Å². The van der Waals surface area contributed by atoms with E-state index in [2.05, 4.69) is 10.00 Å². The Morgan fingerprint density at radius 1 is 1.29 bits per heavy atom. The molecule has 5 heteroatoms. The van der Waals surface area contributed by atoms with Gasteiger partial charge in [-0.25, -0.2) is 0 Å². The van der Waals surface area contributed by atoms with Crippen LogP contribution in [0.25, 0.3) is 0 Å². The van der Waals surface area contributed by atoms with Crippen molar-refractivity contribution < 1.29 is 5.11 Å². The van der Waals surface area contributed by atoms with Crippen LogP contribution in [0.1, 0.15) is 24.1 Å². The van der Waals surface area contributed by atoms with E-state index >= 15 is 0 Å². The van der Waals surface area contributed by atoms with Gasteiger partial charge in [-0.15, -0.1) is 0 Å². The van der Waals surface area contributed by atoms with Crippen molar-refractivity contribution in [2.45, 2.75) is 25.3 Å². The SMILES string of the molecule is Cn1ncc(N2CCC(N)CC2)c1Cc1ccccc1O. The van der Waals surface area contributed by atoms with Gasteiger partial charge in [0, 0.05) is 32.6 Å². The molecule has 0 aliphatic carbocycles. The van der Waals surface area contributed by atoms with E-state index < -0.39 is 0 Å². The number of anilines is 1. The third-order valence-electron chi connectivity index (χ3n) is 4.27. The number of hydrogen-bond donors (Lipinski definition) is 2. The number of benzene rings is 1. The van der Waals surface area contributed by atoms with Crippen molar-refractivity contribution in [3.05, 3.63) is 41.7 Å². The molecule has 21 heavy (non-hydrogen) atoms. The smallest absolute Gasteiger partial charge is 0.119 e. The molecule has 2 heterocycles. The van der Waals surface area contributed by atoms with Crippen molar-refractivity contribution in [2.75, 3.05) is 18.0 Å². The molecule has 1 saturated heterocycles. The Bertz CT molecular complexity index is 614. The molecule has 1 aliphatic heterocycles. The average Bonchev–Trinajstić information content (AvgIpc) is 2.84. The summed E-state index contributed by atoms with van der Waals surface area (Å²) in [6.07, 6.45) is 4.64. The third-order valence-corrected chi connectivity index (χ3v) is 4.27. The molecule has 0 unspecified atom stereocenters. The van der Waals surface area contributed by atoms with E-state index in [0.717, 1.165) is 42.9 Å². The quantitative estimate of drug-likeness (QED) is 0.900. The van der Waals surface area contributed by atoms with E-state index in [9.17, 15) is 5.11 Å². The maximum absolute atomic E-state index is 9.98. The van der Waals surface area contributed by atoms with Crippen LogP contribution in [0.2, 0.25) is 0 Å². The van der Waals surface area contributed by atoms with Gasteiger partial charge in [-0.3, -0.25) is 4.68 Å². The Morgan fingerprint density at radius 2 is 2.00 bits per heavy atom. The first kappa shape index (κ1) is 13.9. The highest BCUT2D eigenvalue weighted by molar-refractivity contribution is 5.52. The molecule has 3 N–H and O–H groups in total. The van der Waals surface area contributed by atoms with Gasteiger partial charge in [-0.2, -0.15) is 5.10 Å². The van der Waals surface area contributed by atoms with Gasteiger partial charge in [0.1, 0.15) is 5.75 Å². The van der Waals surface area contributed by atoms with Crippen LogP contribution in [-0.2, 0) is 13.5 Å². The van der Waals surface area contributed by atoms with Crippen LogP contribution < -0.4 is 10.6 Å². The first-order valence-electron chi connectivity index (χ1n) is 7.43. The summed E-state index contributed by atoms with van der Waals surface area (Å²) in [6.45, 7) is 1.95. The predicted octanol–water partition coefficient (Wildman–Crippen LogP) is 1.64. The van der Waals surface area contributed by atoms with Crippen molar-refractivity contribution in [1.82, 2.24) is 9.78 Å². The molecule has 1 aromatic heterocycles. The van der Waals surface area contributed by atoms with Gasteiger partial charge in [0.2, 0.25) is 0 Å². The Balaban J connectivity index is 1.86. The van der Waals surface area contributed by atoms with Crippen LogP contribution in [-0.4, -0.2) is 34.0 Å². The number of nitrogens with two attached hydrogens (primary N) is 1. The third kappa shape index (κ3) is 2.88. The normalized spacial score (nSPS) is 16.4. The summed E-state index contributed by atoms with van der Waals surface area (Å²) in [5.41, 5.74) is 9.20. The van der Waals surface area contributed by atoms with E-state index in [-0.39, 0.29) is 0 Å². The maximum Gasteiger partial charge on any atom is 0.119 e. The Kier molecular flexibility index (Phi) is 3.84. The lowest BCUT2D eigenvalue weighted by Crippen LogP contribution is -2.40. The molecular weight excluding hydrogens is 264 g/mol. The monoisotopic (exact) mass is 286 g/mol. The van der Waals surface area contributed by atoms with Gasteiger partial charge in [0.15, 0.2) is 0 Å². The molecule has 0 spiro atoms. The summed E-state index contributed by atoms with van der Waals surface area (Å²) in [5.74, 6) is 0.338. The molecule has 1 aliphatic rings. The highest BCUT2D eigenvalue weighted by Gasteiger charge is 2.21. The van der Waals surface area contributed by atoms with Gasteiger partial charge in [-0.05, 0) is 24.5 Å². The standard InChI is InChI=1S/C16H22N4O/c1-19-14(10-12-4-2-3-5-16(12)21)15(11-18-19)20-8-6-13(17)7-9-20/h2-5,11,13,21H,6-10,17H2,1H3. The molecule has 3 rings (SSSR count). The fourth-order valence-corrected chi connectivity index (χ4v) is 2.90. The minimum atomic E-state index is 0.319. The largest absolute Gasteiger partial charge is 0.508 e. The van der Waals surface area contributed by atoms with E-state index in [1.54, 1.807) is 6.07 Å². The van der Waals surface area contributed by atoms with Crippen molar-refractivity contribution in [1.29, 1.82) is 0 Å². The summed E-state index contributed by atoms with van der Waals surface area (Å²) < 4.78 is 1.90. The van der Waals surface area contributed by atoms with Gasteiger partial charge in [-0.1, -0.05) is 18.2 Å². The predicted molar refractivity (Wildman–Crippen MR) is 83.5 cm³/mol. The zero-order chi connectivity index (χ0) is 14.8. The summed E-state index contributed by atoms with van der Waals surface area (Å²) >= 11 is 0. The Hall–Kier alpha value is -2.01. The van der Waals surface area contributed by atoms with Crippen molar-refractivity contribution in [3.8, 4) is 5.75 Å². The number of hydrogen-bond acceptors (Lipinski definition) is 4. The van der Waals surface area contributed by atoms with E-state index in [4.69, 9.17) is 5.73 Å². The second-order valence-electron chi connectivity index (χ2n) is 5.73. The summed E-state index contributed by atoms with van der Waals surface area (Å²) in [5, 5.41) is 14.4. The first-order chi connectivity index (χ1) is 10.1. The maximum atomic E-state index is 9.98. The zero-order valence-corrected chi connectivity index (χ0v) is 12.4. The lowest BCUT2D eigenvalue weighted by Gasteiger charge is -2.31. The molecule has 0 saturated carbocycles. The molecule has 1 aromatic carbocycles. The van der Waals surface area contributed by atoms with Crippen LogP contribution in [0, 0.1) is 0 Å². The second kappa shape index (κ2) is 5.77. The van der Waals surface area contributed by atoms with Crippen LogP contribution >= 0.6 is 0 Å². The average molecular weight is 286 g/mol. The Labute approximate surface area is 125 Å². The number of nitrogens with zero attached hydrogens (tertiary/aromatic N) is 3. The molecule has 2 aromatic rings. The van der Waals surface area contributed by atoms with Gasteiger partial charge >= 0.3 is 0 Å². The van der Waals surface area contributed by atoms with Gasteiger partial charge in [0.25, 0.3) is 0 Å². The van der Waals surface area contributed by atoms with Crippen molar-refractivity contribution >= 4 is 5.69 Å². The van der Waals surface area contributed by atoms with Crippen LogP contribution in [0.4, 0.5) is 5.69 Å². The number of aryl methyl sites for hydroxylation is 1. The number of aromatic nitrogens is 2. The minimum Gasteiger partial charge on any atom is -0.508 e. The van der Waals surface area contributed by atoms with Crippen molar-refractivity contribution in [2.24, 2.45) is 12.8 Å². The number of para-hydroxylation sites is 1. The highest BCUT2D eigenvalue weighted by atomic mass is 16.3. The van der Waals surface area contributed by atoms with E-state index in [1.165, 1.54) is 0 Å².